The monoisotopic (exact) mass is 459 g/mol. The van der Waals surface area contributed by atoms with E-state index in [0.717, 1.165) is 23.3 Å². The van der Waals surface area contributed by atoms with Crippen LogP contribution in [0.15, 0.2) is 58.5 Å². The summed E-state index contributed by atoms with van der Waals surface area (Å²) < 4.78 is 40.4. The molecule has 0 spiro atoms. The second-order valence-electron chi connectivity index (χ2n) is 7.72. The molecule has 1 aliphatic rings. The van der Waals surface area contributed by atoms with Crippen molar-refractivity contribution < 1.29 is 18.0 Å². The lowest BCUT2D eigenvalue weighted by Gasteiger charge is -2.27. The van der Waals surface area contributed by atoms with E-state index < -0.39 is 23.2 Å². The van der Waals surface area contributed by atoms with Crippen molar-refractivity contribution in [1.29, 1.82) is 0 Å². The molecule has 166 valence electrons. The topological polar surface area (TPSA) is 64.0 Å². The first-order valence-electron chi connectivity index (χ1n) is 9.90. The van der Waals surface area contributed by atoms with Crippen molar-refractivity contribution in [2.45, 2.75) is 36.3 Å². The molecule has 9 heteroatoms. The number of anilines is 1. The average Bonchev–Trinajstić information content (AvgIpc) is 2.75. The molecular formula is C23H20F3N3O2S. The van der Waals surface area contributed by atoms with Gasteiger partial charge in [0, 0.05) is 25.1 Å². The number of halogens is 3. The molecule has 0 aliphatic carbocycles. The zero-order valence-electron chi connectivity index (χ0n) is 17.4. The fraction of sp³-hybridized carbons (Fsp3) is 0.261. The Hall–Kier alpha value is -3.07. The third-order valence-electron chi connectivity index (χ3n) is 5.43. The number of hydrogen-bond acceptors (Lipinski definition) is 4. The molecule has 2 heterocycles. The van der Waals surface area contributed by atoms with Gasteiger partial charge >= 0.3 is 6.18 Å². The maximum atomic E-state index is 12.9. The number of nitrogens with zero attached hydrogens (tertiary/aromatic N) is 2. The highest BCUT2D eigenvalue weighted by molar-refractivity contribution is 7.98. The van der Waals surface area contributed by atoms with E-state index in [-0.39, 0.29) is 17.9 Å². The van der Waals surface area contributed by atoms with Gasteiger partial charge in [0.1, 0.15) is 5.82 Å². The molecule has 0 bridgehead atoms. The van der Waals surface area contributed by atoms with Gasteiger partial charge in [-0.3, -0.25) is 9.59 Å². The number of aryl methyl sites for hydroxylation is 1. The van der Waals surface area contributed by atoms with Gasteiger partial charge in [-0.25, -0.2) is 0 Å². The van der Waals surface area contributed by atoms with Gasteiger partial charge in [0.2, 0.25) is 5.91 Å². The van der Waals surface area contributed by atoms with Crippen LogP contribution in [0.3, 0.4) is 0 Å². The van der Waals surface area contributed by atoms with E-state index in [1.54, 1.807) is 11.6 Å². The number of nitrogens with one attached hydrogen (secondary N) is 1. The highest BCUT2D eigenvalue weighted by Crippen LogP contribution is 2.37. The van der Waals surface area contributed by atoms with Gasteiger partial charge in [0.25, 0.3) is 5.56 Å². The lowest BCUT2D eigenvalue weighted by molar-refractivity contribution is -0.137. The van der Waals surface area contributed by atoms with E-state index in [2.05, 4.69) is 10.3 Å². The number of carbonyl (C=O) groups excluding carboxylic acids is 1. The molecule has 1 amide bonds. The number of aromatic nitrogens is 2. The summed E-state index contributed by atoms with van der Waals surface area (Å²) in [5.74, 6) is -0.0469. The minimum absolute atomic E-state index is 0.0366. The minimum Gasteiger partial charge on any atom is -0.312 e. The van der Waals surface area contributed by atoms with Crippen LogP contribution in [0.1, 0.15) is 40.2 Å². The van der Waals surface area contributed by atoms with Crippen LogP contribution in [-0.4, -0.2) is 15.5 Å². The fourth-order valence-electron chi connectivity index (χ4n) is 3.69. The number of benzene rings is 2. The summed E-state index contributed by atoms with van der Waals surface area (Å²) in [5, 5.41) is 3.19. The molecule has 3 aromatic rings. The number of alkyl halides is 3. The maximum absolute atomic E-state index is 12.9. The predicted molar refractivity (Wildman–Crippen MR) is 117 cm³/mol. The molecule has 1 atom stereocenters. The van der Waals surface area contributed by atoms with Gasteiger partial charge in [-0.1, -0.05) is 53.7 Å². The summed E-state index contributed by atoms with van der Waals surface area (Å²) in [4.78, 5) is 29.5. The Balaban J connectivity index is 1.68. The van der Waals surface area contributed by atoms with E-state index in [0.29, 0.717) is 22.3 Å². The Labute approximate surface area is 186 Å². The Morgan fingerprint density at radius 2 is 1.75 bits per heavy atom. The number of rotatable bonds is 4. The first-order valence-corrected chi connectivity index (χ1v) is 10.9. The smallest absolute Gasteiger partial charge is 0.312 e. The van der Waals surface area contributed by atoms with Crippen LogP contribution < -0.4 is 10.9 Å². The van der Waals surface area contributed by atoms with E-state index in [4.69, 9.17) is 0 Å². The summed E-state index contributed by atoms with van der Waals surface area (Å²) in [6, 6.07) is 12.6. The van der Waals surface area contributed by atoms with Crippen LogP contribution in [0.2, 0.25) is 0 Å². The van der Waals surface area contributed by atoms with E-state index in [1.807, 2.05) is 31.2 Å². The number of amides is 1. The van der Waals surface area contributed by atoms with Crippen LogP contribution in [0.4, 0.5) is 19.0 Å². The number of hydrogen-bond donors (Lipinski definition) is 1. The van der Waals surface area contributed by atoms with Crippen molar-refractivity contribution in [2.24, 2.45) is 7.05 Å². The second kappa shape index (κ2) is 8.46. The SMILES string of the molecule is Cc1ccc(CSc2nc(=O)c3c(n2C)NC(=O)CC3c2ccc(C(F)(F)F)cc2)cc1. The van der Waals surface area contributed by atoms with Crippen molar-refractivity contribution in [3.8, 4) is 0 Å². The van der Waals surface area contributed by atoms with E-state index in [9.17, 15) is 22.8 Å². The van der Waals surface area contributed by atoms with Crippen LogP contribution in [0, 0.1) is 6.92 Å². The number of thioether (sulfide) groups is 1. The lowest BCUT2D eigenvalue weighted by Crippen LogP contribution is -2.33. The quantitative estimate of drug-likeness (QED) is 0.447. The predicted octanol–water partition coefficient (Wildman–Crippen LogP) is 4.87. The summed E-state index contributed by atoms with van der Waals surface area (Å²) in [6.45, 7) is 2.00. The highest BCUT2D eigenvalue weighted by Gasteiger charge is 2.34. The minimum atomic E-state index is -4.46. The van der Waals surface area contributed by atoms with Crippen molar-refractivity contribution in [1.82, 2.24) is 9.55 Å². The van der Waals surface area contributed by atoms with Crippen LogP contribution >= 0.6 is 11.8 Å². The highest BCUT2D eigenvalue weighted by atomic mass is 32.2. The molecule has 1 unspecified atom stereocenters. The van der Waals surface area contributed by atoms with Crippen molar-refractivity contribution in [3.05, 3.63) is 86.7 Å². The molecule has 0 fully saturated rings. The molecule has 1 aromatic heterocycles. The van der Waals surface area contributed by atoms with Gasteiger partial charge in [-0.2, -0.15) is 18.2 Å². The third kappa shape index (κ3) is 4.43. The van der Waals surface area contributed by atoms with Crippen LogP contribution in [0.25, 0.3) is 0 Å². The second-order valence-corrected chi connectivity index (χ2v) is 8.66. The molecule has 0 saturated carbocycles. The average molecular weight is 459 g/mol. The van der Waals surface area contributed by atoms with Crippen molar-refractivity contribution >= 4 is 23.5 Å². The van der Waals surface area contributed by atoms with Crippen LogP contribution in [-0.2, 0) is 23.8 Å². The first-order chi connectivity index (χ1) is 15.1. The van der Waals surface area contributed by atoms with Crippen LogP contribution in [0.5, 0.6) is 0 Å². The standard InChI is InChI=1S/C23H20F3N3O2S/c1-13-3-5-14(6-4-13)12-32-22-28-21(31)19-17(11-18(30)27-20(19)29(22)2)15-7-9-16(10-8-15)23(24,25)26/h3-10,17H,11-12H2,1-2H3,(H,27,30). The zero-order valence-corrected chi connectivity index (χ0v) is 18.2. The molecule has 5 nitrogen and oxygen atoms in total. The van der Waals surface area contributed by atoms with Crippen molar-refractivity contribution in [3.63, 3.8) is 0 Å². The molecule has 4 rings (SSSR count). The lowest BCUT2D eigenvalue weighted by atomic mass is 9.86. The van der Waals surface area contributed by atoms with Gasteiger partial charge in [0.05, 0.1) is 11.1 Å². The third-order valence-corrected chi connectivity index (χ3v) is 6.53. The van der Waals surface area contributed by atoms with Gasteiger partial charge < -0.3 is 9.88 Å². The molecule has 2 aromatic carbocycles. The summed E-state index contributed by atoms with van der Waals surface area (Å²) >= 11 is 1.37. The Morgan fingerprint density at radius 1 is 1.09 bits per heavy atom. The van der Waals surface area contributed by atoms with Gasteiger partial charge in [0.15, 0.2) is 5.16 Å². The van der Waals surface area contributed by atoms with Crippen molar-refractivity contribution in [2.75, 3.05) is 5.32 Å². The van der Waals surface area contributed by atoms with E-state index >= 15 is 0 Å². The summed E-state index contributed by atoms with van der Waals surface area (Å²) in [5.41, 5.74) is 1.69. The van der Waals surface area contributed by atoms with Gasteiger partial charge in [-0.15, -0.1) is 0 Å². The summed E-state index contributed by atoms with van der Waals surface area (Å²) in [6.07, 6.45) is -4.49. The van der Waals surface area contributed by atoms with Gasteiger partial charge in [-0.05, 0) is 30.2 Å². The number of carbonyl (C=O) groups is 1. The molecular weight excluding hydrogens is 439 g/mol. The summed E-state index contributed by atoms with van der Waals surface area (Å²) in [7, 11) is 1.71. The molecule has 0 radical (unpaired) electrons. The molecule has 1 N–H and O–H groups in total. The number of fused-ring (bicyclic) bond motifs is 1. The largest absolute Gasteiger partial charge is 0.416 e. The fourth-order valence-corrected chi connectivity index (χ4v) is 4.61. The Bertz CT molecular complexity index is 1220. The Morgan fingerprint density at radius 3 is 2.38 bits per heavy atom. The molecule has 0 saturated heterocycles. The first kappa shape index (κ1) is 22.1. The zero-order chi connectivity index (χ0) is 23.0. The normalized spacial score (nSPS) is 15.9. The van der Waals surface area contributed by atoms with E-state index in [1.165, 1.54) is 23.9 Å². The molecule has 32 heavy (non-hydrogen) atoms. The maximum Gasteiger partial charge on any atom is 0.416 e. The molecule has 1 aliphatic heterocycles. The Kier molecular flexibility index (Phi) is 5.85.